The average molecular weight is 230 g/mol. The molecule has 1 aliphatic rings. The monoisotopic (exact) mass is 230 g/mol. The zero-order valence-electron chi connectivity index (χ0n) is 9.17. The molecule has 0 heterocycles. The number of carbonyl (C=O) groups is 1. The third kappa shape index (κ3) is 3.92. The molecule has 0 spiro atoms. The van der Waals surface area contributed by atoms with E-state index < -0.39 is 12.1 Å². The highest BCUT2D eigenvalue weighted by Crippen LogP contribution is 2.28. The van der Waals surface area contributed by atoms with Gasteiger partial charge in [-0.1, -0.05) is 6.58 Å². The van der Waals surface area contributed by atoms with Crippen LogP contribution in [0, 0.1) is 5.92 Å². The van der Waals surface area contributed by atoms with Gasteiger partial charge in [0.25, 0.3) is 0 Å². The second-order valence-electron chi connectivity index (χ2n) is 4.05. The molecule has 16 heavy (non-hydrogen) atoms. The van der Waals surface area contributed by atoms with Gasteiger partial charge in [-0.25, -0.2) is 9.68 Å². The Kier molecular flexibility index (Phi) is 5.45. The van der Waals surface area contributed by atoms with Gasteiger partial charge in [0.2, 0.25) is 0 Å². The van der Waals surface area contributed by atoms with Crippen molar-refractivity contribution in [2.45, 2.75) is 37.9 Å². The summed E-state index contributed by atoms with van der Waals surface area (Å²) in [5.74, 6) is -0.413. The summed E-state index contributed by atoms with van der Waals surface area (Å²) < 4.78 is 4.82. The molecular formula is C11H18O5. The summed E-state index contributed by atoms with van der Waals surface area (Å²) >= 11 is 0. The standard InChI is InChI=1S/C11H18O5/c1-2-11(13)15-7-10(16-14)8-3-5-9(12)6-4-8/h2,8-10,12,14H,1,3-7H2. The summed E-state index contributed by atoms with van der Waals surface area (Å²) in [5.41, 5.74) is 0. The van der Waals surface area contributed by atoms with E-state index in [4.69, 9.17) is 9.99 Å². The number of hydrogen-bond donors (Lipinski definition) is 2. The SMILES string of the molecule is C=CC(=O)OCC(OO)C1CCC(O)CC1. The molecule has 92 valence electrons. The first-order valence-corrected chi connectivity index (χ1v) is 5.44. The molecule has 5 nitrogen and oxygen atoms in total. The lowest BCUT2D eigenvalue weighted by Crippen LogP contribution is -2.33. The van der Waals surface area contributed by atoms with E-state index in [0.29, 0.717) is 12.8 Å². The molecule has 2 N–H and O–H groups in total. The zero-order valence-corrected chi connectivity index (χ0v) is 9.17. The topological polar surface area (TPSA) is 76.0 Å². The van der Waals surface area contributed by atoms with Gasteiger partial charge < -0.3 is 9.84 Å². The average Bonchev–Trinajstić information content (AvgIpc) is 2.31. The zero-order chi connectivity index (χ0) is 12.0. The third-order valence-electron chi connectivity index (χ3n) is 2.96. The highest BCUT2D eigenvalue weighted by molar-refractivity contribution is 5.81. The van der Waals surface area contributed by atoms with Crippen molar-refractivity contribution < 1.29 is 24.8 Å². The number of ether oxygens (including phenoxy) is 1. The highest BCUT2D eigenvalue weighted by Gasteiger charge is 2.28. The van der Waals surface area contributed by atoms with Crippen molar-refractivity contribution in [3.63, 3.8) is 0 Å². The summed E-state index contributed by atoms with van der Waals surface area (Å²) in [6.07, 6.45) is 3.21. The first-order valence-electron chi connectivity index (χ1n) is 5.44. The van der Waals surface area contributed by atoms with E-state index >= 15 is 0 Å². The van der Waals surface area contributed by atoms with Gasteiger partial charge in [0.15, 0.2) is 0 Å². The molecular weight excluding hydrogens is 212 g/mol. The normalized spacial score (nSPS) is 27.1. The van der Waals surface area contributed by atoms with Gasteiger partial charge in [-0.3, -0.25) is 5.26 Å². The summed E-state index contributed by atoms with van der Waals surface area (Å²) in [5, 5.41) is 18.1. The number of aliphatic hydroxyl groups is 1. The van der Waals surface area contributed by atoms with Crippen molar-refractivity contribution in [3.05, 3.63) is 12.7 Å². The van der Waals surface area contributed by atoms with Crippen LogP contribution in [0.4, 0.5) is 0 Å². The fourth-order valence-corrected chi connectivity index (χ4v) is 1.95. The van der Waals surface area contributed by atoms with E-state index in [1.807, 2.05) is 0 Å². The highest BCUT2D eigenvalue weighted by atomic mass is 17.1. The molecule has 0 aromatic heterocycles. The maximum absolute atomic E-state index is 10.8. The predicted octanol–water partition coefficient (Wildman–Crippen LogP) is 1.12. The number of rotatable bonds is 5. The van der Waals surface area contributed by atoms with E-state index in [0.717, 1.165) is 18.9 Å². The molecule has 0 bridgehead atoms. The van der Waals surface area contributed by atoms with E-state index in [9.17, 15) is 9.90 Å². The van der Waals surface area contributed by atoms with Crippen LogP contribution in [0.25, 0.3) is 0 Å². The Morgan fingerprint density at radius 3 is 2.56 bits per heavy atom. The second kappa shape index (κ2) is 6.62. The number of aliphatic hydroxyl groups excluding tert-OH is 1. The van der Waals surface area contributed by atoms with Gasteiger partial charge >= 0.3 is 5.97 Å². The van der Waals surface area contributed by atoms with E-state index in [2.05, 4.69) is 11.5 Å². The van der Waals surface area contributed by atoms with E-state index in [1.54, 1.807) is 0 Å². The van der Waals surface area contributed by atoms with Crippen molar-refractivity contribution in [2.24, 2.45) is 5.92 Å². The lowest BCUT2D eigenvalue weighted by Gasteiger charge is -2.29. The van der Waals surface area contributed by atoms with Crippen LogP contribution >= 0.6 is 0 Å². The molecule has 0 saturated heterocycles. The second-order valence-corrected chi connectivity index (χ2v) is 4.05. The Balaban J connectivity index is 2.35. The minimum atomic E-state index is -0.530. The first kappa shape index (κ1) is 13.2. The fraction of sp³-hybridized carbons (Fsp3) is 0.727. The summed E-state index contributed by atoms with van der Waals surface area (Å²) in [4.78, 5) is 15.2. The minimum absolute atomic E-state index is 0.0160. The Bertz CT molecular complexity index is 233. The molecule has 1 atom stereocenters. The maximum Gasteiger partial charge on any atom is 0.330 e. The molecule has 1 rings (SSSR count). The van der Waals surface area contributed by atoms with Crippen LogP contribution in [-0.4, -0.2) is 35.1 Å². The van der Waals surface area contributed by atoms with Crippen molar-refractivity contribution in [3.8, 4) is 0 Å². The van der Waals surface area contributed by atoms with Crippen LogP contribution in [0.2, 0.25) is 0 Å². The predicted molar refractivity (Wildman–Crippen MR) is 56.6 cm³/mol. The van der Waals surface area contributed by atoms with Gasteiger partial charge in [-0.05, 0) is 31.6 Å². The molecule has 0 amide bonds. The summed E-state index contributed by atoms with van der Waals surface area (Å²) in [6.45, 7) is 3.29. The van der Waals surface area contributed by atoms with E-state index in [1.165, 1.54) is 0 Å². The van der Waals surface area contributed by atoms with Crippen molar-refractivity contribution >= 4 is 5.97 Å². The quantitative estimate of drug-likeness (QED) is 0.320. The van der Waals surface area contributed by atoms with Gasteiger partial charge in [0.05, 0.1) is 6.10 Å². The lowest BCUT2D eigenvalue weighted by molar-refractivity contribution is -0.299. The Morgan fingerprint density at radius 2 is 2.06 bits per heavy atom. The molecule has 0 aliphatic heterocycles. The number of carbonyl (C=O) groups excluding carboxylic acids is 1. The number of esters is 1. The van der Waals surface area contributed by atoms with Crippen molar-refractivity contribution in [1.29, 1.82) is 0 Å². The number of hydrogen-bond acceptors (Lipinski definition) is 5. The third-order valence-corrected chi connectivity index (χ3v) is 2.96. The molecule has 1 fully saturated rings. The van der Waals surface area contributed by atoms with Gasteiger partial charge in [-0.15, -0.1) is 0 Å². The Labute approximate surface area is 94.6 Å². The van der Waals surface area contributed by atoms with Gasteiger partial charge in [0.1, 0.15) is 12.7 Å². The lowest BCUT2D eigenvalue weighted by atomic mass is 9.84. The largest absolute Gasteiger partial charge is 0.460 e. The Hall–Kier alpha value is -0.910. The smallest absolute Gasteiger partial charge is 0.330 e. The molecule has 0 aromatic rings. The minimum Gasteiger partial charge on any atom is -0.460 e. The van der Waals surface area contributed by atoms with Crippen LogP contribution in [0.5, 0.6) is 0 Å². The molecule has 0 aromatic carbocycles. The van der Waals surface area contributed by atoms with Crippen LogP contribution in [0.3, 0.4) is 0 Å². The van der Waals surface area contributed by atoms with Crippen LogP contribution in [-0.2, 0) is 14.4 Å². The summed E-state index contributed by atoms with van der Waals surface area (Å²) in [7, 11) is 0. The van der Waals surface area contributed by atoms with Crippen molar-refractivity contribution in [2.75, 3.05) is 6.61 Å². The molecule has 5 heteroatoms. The van der Waals surface area contributed by atoms with Crippen LogP contribution in [0.15, 0.2) is 12.7 Å². The van der Waals surface area contributed by atoms with Gasteiger partial charge in [0, 0.05) is 6.08 Å². The molecule has 0 radical (unpaired) electrons. The van der Waals surface area contributed by atoms with Gasteiger partial charge in [-0.2, -0.15) is 0 Å². The molecule has 1 saturated carbocycles. The van der Waals surface area contributed by atoms with Crippen LogP contribution < -0.4 is 0 Å². The maximum atomic E-state index is 10.8. The van der Waals surface area contributed by atoms with E-state index in [-0.39, 0.29) is 18.6 Å². The fourth-order valence-electron chi connectivity index (χ4n) is 1.95. The Morgan fingerprint density at radius 1 is 1.44 bits per heavy atom. The van der Waals surface area contributed by atoms with Crippen molar-refractivity contribution in [1.82, 2.24) is 0 Å². The van der Waals surface area contributed by atoms with Crippen LogP contribution in [0.1, 0.15) is 25.7 Å². The summed E-state index contributed by atoms with van der Waals surface area (Å²) in [6, 6.07) is 0. The molecule has 1 unspecified atom stereocenters. The molecule has 1 aliphatic carbocycles. The first-order chi connectivity index (χ1) is 7.67.